The number of carbonyl (C=O) groups excluding carboxylic acids is 1. The average Bonchev–Trinajstić information content (AvgIpc) is 2.76. The number of rotatable bonds is 6. The summed E-state index contributed by atoms with van der Waals surface area (Å²) in [5.41, 5.74) is 4.99. The Morgan fingerprint density at radius 1 is 0.786 bits per heavy atom. The van der Waals surface area contributed by atoms with E-state index in [4.69, 9.17) is 0 Å². The van der Waals surface area contributed by atoms with Crippen LogP contribution in [0.4, 0.5) is 0 Å². The Labute approximate surface area is 167 Å². The molecule has 4 rings (SSSR count). The number of aryl methyl sites for hydroxylation is 1. The monoisotopic (exact) mass is 367 g/mol. The molecule has 0 aliphatic carbocycles. The highest BCUT2D eigenvalue weighted by molar-refractivity contribution is 5.91. The summed E-state index contributed by atoms with van der Waals surface area (Å²) < 4.78 is 0. The Bertz CT molecular complexity index is 929. The van der Waals surface area contributed by atoms with Crippen LogP contribution < -0.4 is 0 Å². The molecule has 1 aliphatic rings. The SMILES string of the molecule is O=C1C=CN(CCCc2ccccc2)C(c2ccc(-c3ccccc3)cc2)C1. The molecule has 0 N–H and O–H groups in total. The zero-order valence-corrected chi connectivity index (χ0v) is 16.0. The van der Waals surface area contributed by atoms with Crippen molar-refractivity contribution in [2.24, 2.45) is 0 Å². The summed E-state index contributed by atoms with van der Waals surface area (Å²) in [6, 6.07) is 29.8. The van der Waals surface area contributed by atoms with Gasteiger partial charge >= 0.3 is 0 Å². The lowest BCUT2D eigenvalue weighted by Crippen LogP contribution is -2.30. The van der Waals surface area contributed by atoms with Crippen molar-refractivity contribution < 1.29 is 4.79 Å². The molecular weight excluding hydrogens is 342 g/mol. The van der Waals surface area contributed by atoms with Crippen molar-refractivity contribution in [1.82, 2.24) is 4.90 Å². The molecule has 0 bridgehead atoms. The molecule has 28 heavy (non-hydrogen) atoms. The maximum absolute atomic E-state index is 12.1. The van der Waals surface area contributed by atoms with Crippen LogP contribution in [0.1, 0.15) is 30.0 Å². The Kier molecular flexibility index (Phi) is 5.67. The van der Waals surface area contributed by atoms with Gasteiger partial charge in [-0.1, -0.05) is 84.9 Å². The van der Waals surface area contributed by atoms with E-state index in [1.807, 2.05) is 12.3 Å². The third kappa shape index (κ3) is 4.40. The van der Waals surface area contributed by atoms with Crippen molar-refractivity contribution in [3.63, 3.8) is 0 Å². The summed E-state index contributed by atoms with van der Waals surface area (Å²) in [6.45, 7) is 0.948. The number of hydrogen-bond acceptors (Lipinski definition) is 2. The van der Waals surface area contributed by atoms with E-state index >= 15 is 0 Å². The van der Waals surface area contributed by atoms with E-state index in [-0.39, 0.29) is 11.8 Å². The fourth-order valence-electron chi connectivity index (χ4n) is 3.84. The topological polar surface area (TPSA) is 20.3 Å². The molecule has 0 radical (unpaired) electrons. The molecule has 0 spiro atoms. The first-order valence-corrected chi connectivity index (χ1v) is 9.96. The van der Waals surface area contributed by atoms with Crippen molar-refractivity contribution >= 4 is 5.78 Å². The largest absolute Gasteiger partial charge is 0.370 e. The fraction of sp³-hybridized carbons (Fsp3) is 0.192. The van der Waals surface area contributed by atoms with Gasteiger partial charge in [0.25, 0.3) is 0 Å². The van der Waals surface area contributed by atoms with Gasteiger partial charge in [0.15, 0.2) is 5.78 Å². The van der Waals surface area contributed by atoms with Gasteiger partial charge in [-0.05, 0) is 41.2 Å². The van der Waals surface area contributed by atoms with Crippen LogP contribution in [0, 0.1) is 0 Å². The predicted molar refractivity (Wildman–Crippen MR) is 115 cm³/mol. The van der Waals surface area contributed by atoms with E-state index in [9.17, 15) is 4.79 Å². The van der Waals surface area contributed by atoms with Crippen molar-refractivity contribution in [2.45, 2.75) is 25.3 Å². The van der Waals surface area contributed by atoms with Crippen molar-refractivity contribution in [1.29, 1.82) is 0 Å². The Morgan fingerprint density at radius 2 is 1.43 bits per heavy atom. The number of allylic oxidation sites excluding steroid dienone is 1. The highest BCUT2D eigenvalue weighted by Gasteiger charge is 2.23. The molecule has 1 atom stereocenters. The summed E-state index contributed by atoms with van der Waals surface area (Å²) in [5, 5.41) is 0. The summed E-state index contributed by atoms with van der Waals surface area (Å²) in [6.07, 6.45) is 6.37. The van der Waals surface area contributed by atoms with E-state index in [1.54, 1.807) is 6.08 Å². The summed E-state index contributed by atoms with van der Waals surface area (Å²) in [4.78, 5) is 14.4. The molecule has 1 unspecified atom stereocenters. The third-order valence-corrected chi connectivity index (χ3v) is 5.37. The first-order chi connectivity index (χ1) is 13.8. The molecule has 140 valence electrons. The minimum atomic E-state index is 0.123. The normalized spacial score (nSPS) is 16.4. The van der Waals surface area contributed by atoms with E-state index in [0.29, 0.717) is 6.42 Å². The van der Waals surface area contributed by atoms with Crippen LogP contribution in [0.3, 0.4) is 0 Å². The number of benzene rings is 3. The zero-order valence-electron chi connectivity index (χ0n) is 16.0. The second-order valence-corrected chi connectivity index (χ2v) is 7.32. The molecule has 0 amide bonds. The van der Waals surface area contributed by atoms with Crippen LogP contribution in [0.5, 0.6) is 0 Å². The van der Waals surface area contributed by atoms with Crippen molar-refractivity contribution in [3.05, 3.63) is 108 Å². The molecule has 3 aromatic rings. The van der Waals surface area contributed by atoms with Gasteiger partial charge in [-0.2, -0.15) is 0 Å². The number of nitrogens with zero attached hydrogens (tertiary/aromatic N) is 1. The lowest BCUT2D eigenvalue weighted by Gasteiger charge is -2.33. The Morgan fingerprint density at radius 3 is 2.14 bits per heavy atom. The lowest BCUT2D eigenvalue weighted by molar-refractivity contribution is -0.116. The zero-order chi connectivity index (χ0) is 19.2. The Hall–Kier alpha value is -3.13. The molecule has 3 aromatic carbocycles. The lowest BCUT2D eigenvalue weighted by atomic mass is 9.94. The summed E-state index contributed by atoms with van der Waals surface area (Å²) in [7, 11) is 0. The second kappa shape index (κ2) is 8.71. The molecule has 2 nitrogen and oxygen atoms in total. The third-order valence-electron chi connectivity index (χ3n) is 5.37. The van der Waals surface area contributed by atoms with Crippen molar-refractivity contribution in [2.75, 3.05) is 6.54 Å². The summed E-state index contributed by atoms with van der Waals surface area (Å²) >= 11 is 0. The van der Waals surface area contributed by atoms with Gasteiger partial charge in [0.2, 0.25) is 0 Å². The minimum Gasteiger partial charge on any atom is -0.370 e. The van der Waals surface area contributed by atoms with Crippen LogP contribution in [0.15, 0.2) is 97.2 Å². The molecule has 0 saturated heterocycles. The fourth-order valence-corrected chi connectivity index (χ4v) is 3.84. The standard InChI is InChI=1S/C26H25NO/c28-25-17-19-27(18-7-10-21-8-3-1-4-9-21)26(20-25)24-15-13-23(14-16-24)22-11-5-2-6-12-22/h1-6,8-9,11-17,19,26H,7,10,18,20H2. The van der Waals surface area contributed by atoms with Gasteiger partial charge in [0.1, 0.15) is 0 Å². The highest BCUT2D eigenvalue weighted by Crippen LogP contribution is 2.30. The second-order valence-electron chi connectivity index (χ2n) is 7.32. The van der Waals surface area contributed by atoms with Crippen LogP contribution in [0.2, 0.25) is 0 Å². The summed E-state index contributed by atoms with van der Waals surface area (Å²) in [5.74, 6) is 0.205. The van der Waals surface area contributed by atoms with E-state index in [0.717, 1.165) is 19.4 Å². The van der Waals surface area contributed by atoms with Gasteiger partial charge in [-0.15, -0.1) is 0 Å². The molecular formula is C26H25NO. The molecule has 2 heteroatoms. The van der Waals surface area contributed by atoms with Gasteiger partial charge < -0.3 is 4.90 Å². The van der Waals surface area contributed by atoms with E-state index < -0.39 is 0 Å². The molecule has 0 saturated carbocycles. The van der Waals surface area contributed by atoms with Crippen LogP contribution in [-0.4, -0.2) is 17.2 Å². The van der Waals surface area contributed by atoms with Gasteiger partial charge in [0, 0.05) is 19.2 Å². The highest BCUT2D eigenvalue weighted by atomic mass is 16.1. The van der Waals surface area contributed by atoms with Crippen LogP contribution in [0.25, 0.3) is 11.1 Å². The van der Waals surface area contributed by atoms with Crippen LogP contribution in [-0.2, 0) is 11.2 Å². The maximum atomic E-state index is 12.1. The van der Waals surface area contributed by atoms with E-state index in [2.05, 4.69) is 83.8 Å². The molecule has 0 aromatic heterocycles. The van der Waals surface area contributed by atoms with Crippen LogP contribution >= 0.6 is 0 Å². The van der Waals surface area contributed by atoms with E-state index in [1.165, 1.54) is 22.3 Å². The minimum absolute atomic E-state index is 0.123. The smallest absolute Gasteiger partial charge is 0.159 e. The number of ketones is 1. The molecule has 0 fully saturated rings. The number of carbonyl (C=O) groups is 1. The molecule has 1 aliphatic heterocycles. The Balaban J connectivity index is 1.46. The van der Waals surface area contributed by atoms with Gasteiger partial charge in [-0.25, -0.2) is 0 Å². The quantitative estimate of drug-likeness (QED) is 0.547. The number of hydrogen-bond donors (Lipinski definition) is 0. The first kappa shape index (κ1) is 18.2. The van der Waals surface area contributed by atoms with Gasteiger partial charge in [-0.3, -0.25) is 4.79 Å². The van der Waals surface area contributed by atoms with Gasteiger partial charge in [0.05, 0.1) is 6.04 Å². The van der Waals surface area contributed by atoms with Crippen molar-refractivity contribution in [3.8, 4) is 11.1 Å². The maximum Gasteiger partial charge on any atom is 0.159 e. The molecule has 1 heterocycles. The predicted octanol–water partition coefficient (Wildman–Crippen LogP) is 5.82. The average molecular weight is 367 g/mol. The first-order valence-electron chi connectivity index (χ1n) is 9.96.